The maximum absolute atomic E-state index is 11.0. The van der Waals surface area contributed by atoms with Crippen LogP contribution in [0.15, 0.2) is 18.3 Å². The Balaban J connectivity index is 3.12. The lowest BCUT2D eigenvalue weighted by molar-refractivity contribution is 0.101. The van der Waals surface area contributed by atoms with E-state index >= 15 is 0 Å². The third-order valence-corrected chi connectivity index (χ3v) is 1.61. The fraction of sp³-hybridized carbons (Fsp3) is 0.333. The van der Waals surface area contributed by atoms with E-state index in [9.17, 15) is 4.79 Å². The molecule has 2 nitrogen and oxygen atoms in total. The molecule has 0 aliphatic carbocycles. The minimum absolute atomic E-state index is 0.0439. The van der Waals surface area contributed by atoms with Crippen LogP contribution in [0.1, 0.15) is 29.9 Å². The zero-order valence-electron chi connectivity index (χ0n) is 6.79. The molecule has 1 heterocycles. The van der Waals surface area contributed by atoms with E-state index in [4.69, 9.17) is 0 Å². The lowest BCUT2D eigenvalue weighted by Gasteiger charge is -2.00. The van der Waals surface area contributed by atoms with E-state index in [1.165, 1.54) is 0 Å². The summed E-state index contributed by atoms with van der Waals surface area (Å²) in [5.74, 6) is 0.0439. The van der Waals surface area contributed by atoms with Gasteiger partial charge in [-0.05, 0) is 18.1 Å². The predicted molar refractivity (Wildman–Crippen MR) is 43.6 cm³/mol. The standard InChI is InChI=1S/C9H11NO/c1-3-8-5-4-6-10-9(8)7(2)11/h4-6H,3H2,1-2H3. The van der Waals surface area contributed by atoms with Gasteiger partial charge in [0.05, 0.1) is 0 Å². The van der Waals surface area contributed by atoms with Gasteiger partial charge in [0.15, 0.2) is 5.78 Å². The van der Waals surface area contributed by atoms with Crippen molar-refractivity contribution in [2.24, 2.45) is 0 Å². The number of Topliss-reactive ketones (excluding diaryl/α,β-unsaturated/α-hetero) is 1. The normalized spacial score (nSPS) is 9.64. The van der Waals surface area contributed by atoms with Crippen molar-refractivity contribution in [3.63, 3.8) is 0 Å². The Morgan fingerprint density at radius 3 is 2.82 bits per heavy atom. The zero-order chi connectivity index (χ0) is 8.27. The van der Waals surface area contributed by atoms with E-state index in [0.29, 0.717) is 5.69 Å². The summed E-state index contributed by atoms with van der Waals surface area (Å²) in [6, 6.07) is 3.79. The minimum atomic E-state index is 0.0439. The highest BCUT2D eigenvalue weighted by atomic mass is 16.1. The summed E-state index contributed by atoms with van der Waals surface area (Å²) in [5.41, 5.74) is 1.63. The third-order valence-electron chi connectivity index (χ3n) is 1.61. The number of carbonyl (C=O) groups excluding carboxylic acids is 1. The highest BCUT2D eigenvalue weighted by molar-refractivity contribution is 5.93. The van der Waals surface area contributed by atoms with Crippen molar-refractivity contribution >= 4 is 5.78 Å². The molecule has 0 aromatic carbocycles. The number of nitrogens with zero attached hydrogens (tertiary/aromatic N) is 1. The van der Waals surface area contributed by atoms with E-state index in [2.05, 4.69) is 4.98 Å². The fourth-order valence-corrected chi connectivity index (χ4v) is 1.04. The second kappa shape index (κ2) is 3.28. The molecule has 0 atom stereocenters. The van der Waals surface area contributed by atoms with Gasteiger partial charge in [0.1, 0.15) is 5.69 Å². The van der Waals surface area contributed by atoms with Crippen molar-refractivity contribution in [2.75, 3.05) is 0 Å². The molecule has 0 aliphatic heterocycles. The third kappa shape index (κ3) is 1.64. The van der Waals surface area contributed by atoms with Crippen LogP contribution in [0.25, 0.3) is 0 Å². The Labute approximate surface area is 66.3 Å². The van der Waals surface area contributed by atoms with E-state index < -0.39 is 0 Å². The van der Waals surface area contributed by atoms with E-state index in [0.717, 1.165) is 12.0 Å². The van der Waals surface area contributed by atoms with Crippen LogP contribution in [0, 0.1) is 0 Å². The van der Waals surface area contributed by atoms with Gasteiger partial charge < -0.3 is 0 Å². The Morgan fingerprint density at radius 1 is 1.64 bits per heavy atom. The Kier molecular flexibility index (Phi) is 2.36. The summed E-state index contributed by atoms with van der Waals surface area (Å²) >= 11 is 0. The molecule has 0 radical (unpaired) electrons. The first-order valence-electron chi connectivity index (χ1n) is 3.70. The first-order valence-corrected chi connectivity index (χ1v) is 3.70. The molecular weight excluding hydrogens is 138 g/mol. The highest BCUT2D eigenvalue weighted by Crippen LogP contribution is 2.05. The van der Waals surface area contributed by atoms with Gasteiger partial charge in [-0.15, -0.1) is 0 Å². The summed E-state index contributed by atoms with van der Waals surface area (Å²) in [6.07, 6.45) is 2.51. The number of hydrogen-bond acceptors (Lipinski definition) is 2. The Bertz CT molecular complexity index is 268. The molecule has 2 heteroatoms. The van der Waals surface area contributed by atoms with Crippen LogP contribution in [0.2, 0.25) is 0 Å². The summed E-state index contributed by atoms with van der Waals surface area (Å²) < 4.78 is 0. The van der Waals surface area contributed by atoms with E-state index in [1.54, 1.807) is 13.1 Å². The minimum Gasteiger partial charge on any atom is -0.293 e. The molecule has 0 saturated carbocycles. The molecule has 1 aromatic heterocycles. The van der Waals surface area contributed by atoms with Gasteiger partial charge in [0, 0.05) is 13.1 Å². The van der Waals surface area contributed by atoms with E-state index in [1.807, 2.05) is 19.1 Å². The molecule has 0 unspecified atom stereocenters. The predicted octanol–water partition coefficient (Wildman–Crippen LogP) is 1.85. The van der Waals surface area contributed by atoms with Gasteiger partial charge in [-0.3, -0.25) is 9.78 Å². The maximum atomic E-state index is 11.0. The van der Waals surface area contributed by atoms with Crippen LogP contribution in [0.4, 0.5) is 0 Å². The summed E-state index contributed by atoms with van der Waals surface area (Å²) in [6.45, 7) is 3.56. The number of carbonyl (C=O) groups is 1. The van der Waals surface area contributed by atoms with Crippen molar-refractivity contribution in [3.05, 3.63) is 29.6 Å². The lowest BCUT2D eigenvalue weighted by atomic mass is 10.1. The molecule has 11 heavy (non-hydrogen) atoms. The zero-order valence-corrected chi connectivity index (χ0v) is 6.79. The number of rotatable bonds is 2. The van der Waals surface area contributed by atoms with Crippen molar-refractivity contribution < 1.29 is 4.79 Å². The second-order valence-corrected chi connectivity index (χ2v) is 2.42. The average Bonchev–Trinajstić information content (AvgIpc) is 2.04. The largest absolute Gasteiger partial charge is 0.293 e. The van der Waals surface area contributed by atoms with Crippen molar-refractivity contribution in [1.29, 1.82) is 0 Å². The molecule has 0 saturated heterocycles. The highest BCUT2D eigenvalue weighted by Gasteiger charge is 2.04. The monoisotopic (exact) mass is 149 g/mol. The summed E-state index contributed by atoms with van der Waals surface area (Å²) in [5, 5.41) is 0. The average molecular weight is 149 g/mol. The molecule has 1 aromatic rings. The summed E-state index contributed by atoms with van der Waals surface area (Å²) in [4.78, 5) is 15.0. The molecule has 58 valence electrons. The van der Waals surface area contributed by atoms with Crippen LogP contribution >= 0.6 is 0 Å². The van der Waals surface area contributed by atoms with Crippen molar-refractivity contribution in [3.8, 4) is 0 Å². The summed E-state index contributed by atoms with van der Waals surface area (Å²) in [7, 11) is 0. The molecule has 0 bridgehead atoms. The quantitative estimate of drug-likeness (QED) is 0.600. The number of hydrogen-bond donors (Lipinski definition) is 0. The second-order valence-electron chi connectivity index (χ2n) is 2.42. The van der Waals surface area contributed by atoms with Crippen LogP contribution in [-0.2, 0) is 6.42 Å². The molecule has 0 aliphatic rings. The molecule has 1 rings (SSSR count). The number of ketones is 1. The molecule has 0 N–H and O–H groups in total. The lowest BCUT2D eigenvalue weighted by Crippen LogP contribution is -2.01. The van der Waals surface area contributed by atoms with Crippen molar-refractivity contribution in [2.45, 2.75) is 20.3 Å². The van der Waals surface area contributed by atoms with Crippen LogP contribution in [-0.4, -0.2) is 10.8 Å². The smallest absolute Gasteiger partial charge is 0.178 e. The number of pyridine rings is 1. The van der Waals surface area contributed by atoms with Gasteiger partial charge in [0.2, 0.25) is 0 Å². The van der Waals surface area contributed by atoms with Crippen molar-refractivity contribution in [1.82, 2.24) is 4.98 Å². The van der Waals surface area contributed by atoms with Gasteiger partial charge in [-0.2, -0.15) is 0 Å². The topological polar surface area (TPSA) is 30.0 Å². The van der Waals surface area contributed by atoms with Gasteiger partial charge >= 0.3 is 0 Å². The number of aryl methyl sites for hydroxylation is 1. The fourth-order valence-electron chi connectivity index (χ4n) is 1.04. The van der Waals surface area contributed by atoms with Gasteiger partial charge in [-0.1, -0.05) is 13.0 Å². The molecule has 0 fully saturated rings. The van der Waals surface area contributed by atoms with Crippen LogP contribution in [0.3, 0.4) is 0 Å². The SMILES string of the molecule is CCc1cccnc1C(C)=O. The number of aromatic nitrogens is 1. The van der Waals surface area contributed by atoms with E-state index in [-0.39, 0.29) is 5.78 Å². The van der Waals surface area contributed by atoms with Crippen LogP contribution in [0.5, 0.6) is 0 Å². The maximum Gasteiger partial charge on any atom is 0.178 e. The van der Waals surface area contributed by atoms with Gasteiger partial charge in [-0.25, -0.2) is 0 Å². The first-order chi connectivity index (χ1) is 5.25. The first kappa shape index (κ1) is 7.92. The van der Waals surface area contributed by atoms with Crippen LogP contribution < -0.4 is 0 Å². The molecule has 0 amide bonds. The van der Waals surface area contributed by atoms with Gasteiger partial charge in [0.25, 0.3) is 0 Å². The molecular formula is C9H11NO. The Hall–Kier alpha value is -1.18. The molecule has 0 spiro atoms. The Morgan fingerprint density at radius 2 is 2.36 bits per heavy atom.